The van der Waals surface area contributed by atoms with Crippen molar-refractivity contribution in [3.63, 3.8) is 0 Å². The van der Waals surface area contributed by atoms with E-state index in [9.17, 15) is 4.57 Å². The molecule has 14 heavy (non-hydrogen) atoms. The van der Waals surface area contributed by atoms with Gasteiger partial charge in [-0.05, 0) is 25.3 Å². The van der Waals surface area contributed by atoms with E-state index < -0.39 is 13.9 Å². The molecule has 0 aromatic rings. The van der Waals surface area contributed by atoms with Crippen LogP contribution in [0.15, 0.2) is 12.2 Å². The average molecular weight is 260 g/mol. The summed E-state index contributed by atoms with van der Waals surface area (Å²) in [5, 5.41) is 0. The van der Waals surface area contributed by atoms with E-state index in [4.69, 9.17) is 32.6 Å². The summed E-state index contributed by atoms with van der Waals surface area (Å²) in [7, 11) is -2.67. The number of halogens is 2. The molecule has 3 nitrogen and oxygen atoms in total. The normalized spacial score (nSPS) is 12.7. The smallest absolute Gasteiger partial charge is 0.133 e. The highest BCUT2D eigenvalue weighted by atomic mass is 35.5. The van der Waals surface area contributed by atoms with Crippen molar-refractivity contribution < 1.29 is 14.0 Å². The Labute approximate surface area is 95.0 Å². The number of alkyl halides is 2. The summed E-state index contributed by atoms with van der Waals surface area (Å²) in [4.78, 5) is 8.75. The fraction of sp³-hybridized carbons (Fsp3) is 0.750. The molecule has 0 bridgehead atoms. The molecular formula is C8H14Cl2O3P+. The van der Waals surface area contributed by atoms with Crippen LogP contribution in [0.2, 0.25) is 0 Å². The highest BCUT2D eigenvalue weighted by Gasteiger charge is 2.40. The molecule has 6 heteroatoms. The van der Waals surface area contributed by atoms with Crippen LogP contribution in [-0.4, -0.2) is 22.3 Å². The van der Waals surface area contributed by atoms with Gasteiger partial charge in [-0.3, -0.25) is 0 Å². The third kappa shape index (κ3) is 4.24. The van der Waals surface area contributed by atoms with Gasteiger partial charge in [0.1, 0.15) is 5.60 Å². The molecule has 1 atom stereocenters. The summed E-state index contributed by atoms with van der Waals surface area (Å²) in [6.07, 6.45) is 0.858. The molecular weight excluding hydrogens is 246 g/mol. The molecule has 0 heterocycles. The predicted molar refractivity (Wildman–Crippen MR) is 59.1 cm³/mol. The largest absolute Gasteiger partial charge is 0.695 e. The summed E-state index contributed by atoms with van der Waals surface area (Å²) in [6, 6.07) is 0. The van der Waals surface area contributed by atoms with E-state index in [1.807, 2.05) is 0 Å². The van der Waals surface area contributed by atoms with E-state index >= 15 is 0 Å². The molecule has 0 aromatic carbocycles. The van der Waals surface area contributed by atoms with Gasteiger partial charge in [-0.1, -0.05) is 6.58 Å². The Hall–Kier alpha value is 0.340. The lowest BCUT2D eigenvalue weighted by molar-refractivity contribution is 0.0951. The summed E-state index contributed by atoms with van der Waals surface area (Å²) in [5.74, 6) is 0.653. The minimum absolute atomic E-state index is 0.326. The summed E-state index contributed by atoms with van der Waals surface area (Å²) in [5.41, 5.74) is -0.206. The third-order valence-corrected chi connectivity index (χ3v) is 2.91. The van der Waals surface area contributed by atoms with E-state index in [0.717, 1.165) is 0 Å². The molecule has 0 saturated heterocycles. The van der Waals surface area contributed by atoms with Crippen LogP contribution in [0.25, 0.3) is 0 Å². The zero-order valence-electron chi connectivity index (χ0n) is 8.00. The topological polar surface area (TPSA) is 46.5 Å². The zero-order valence-corrected chi connectivity index (χ0v) is 10.4. The van der Waals surface area contributed by atoms with Gasteiger partial charge < -0.3 is 0 Å². The average Bonchev–Trinajstić information content (AvgIpc) is 2.03. The standard InChI is InChI=1S/C8H13Cl2O3P/c1-7(2)8(3-5-9,4-6-10)13-14(11)12/h1,3-6H2,2H3/p+1. The van der Waals surface area contributed by atoms with E-state index in [-0.39, 0.29) is 0 Å². The second-order valence-corrected chi connectivity index (χ2v) is 4.40. The second-order valence-electron chi connectivity index (χ2n) is 2.98. The molecule has 0 radical (unpaired) electrons. The van der Waals surface area contributed by atoms with Crippen molar-refractivity contribution >= 4 is 31.5 Å². The zero-order chi connectivity index (χ0) is 11.2. The summed E-state index contributed by atoms with van der Waals surface area (Å²) < 4.78 is 15.6. The fourth-order valence-corrected chi connectivity index (χ4v) is 2.42. The van der Waals surface area contributed by atoms with Crippen molar-refractivity contribution in [2.24, 2.45) is 0 Å². The van der Waals surface area contributed by atoms with Gasteiger partial charge in [0.05, 0.1) is 0 Å². The van der Waals surface area contributed by atoms with E-state index in [1.165, 1.54) is 0 Å². The molecule has 0 amide bonds. The molecule has 0 saturated carbocycles. The van der Waals surface area contributed by atoms with Gasteiger partial charge in [-0.2, -0.15) is 0 Å². The lowest BCUT2D eigenvalue weighted by atomic mass is 9.90. The number of hydrogen-bond donors (Lipinski definition) is 1. The molecule has 1 N–H and O–H groups in total. The lowest BCUT2D eigenvalue weighted by Crippen LogP contribution is -2.32. The molecule has 82 valence electrons. The molecule has 1 unspecified atom stereocenters. The van der Waals surface area contributed by atoms with Gasteiger partial charge in [0.2, 0.25) is 0 Å². The first-order chi connectivity index (χ1) is 6.48. The Morgan fingerprint density at radius 1 is 1.50 bits per heavy atom. The van der Waals surface area contributed by atoms with Gasteiger partial charge in [0.25, 0.3) is 0 Å². The van der Waals surface area contributed by atoms with Crippen molar-refractivity contribution in [1.82, 2.24) is 0 Å². The van der Waals surface area contributed by atoms with Gasteiger partial charge in [-0.25, -0.2) is 0 Å². The Morgan fingerprint density at radius 2 is 1.93 bits per heavy atom. The predicted octanol–water partition coefficient (Wildman–Crippen LogP) is 3.23. The van der Waals surface area contributed by atoms with Crippen molar-refractivity contribution in [1.29, 1.82) is 0 Å². The molecule has 0 aromatic heterocycles. The van der Waals surface area contributed by atoms with Gasteiger partial charge in [0, 0.05) is 16.3 Å². The molecule has 0 fully saturated rings. The first kappa shape index (κ1) is 14.3. The maximum atomic E-state index is 10.7. The van der Waals surface area contributed by atoms with Crippen molar-refractivity contribution in [3.8, 4) is 0 Å². The van der Waals surface area contributed by atoms with Crippen LogP contribution in [0.1, 0.15) is 19.8 Å². The van der Waals surface area contributed by atoms with E-state index in [1.54, 1.807) is 6.92 Å². The molecule has 0 rings (SSSR count). The van der Waals surface area contributed by atoms with Crippen LogP contribution in [0.5, 0.6) is 0 Å². The Kier molecular flexibility index (Phi) is 6.92. The Balaban J connectivity index is 4.73. The molecule has 0 spiro atoms. The minimum Gasteiger partial charge on any atom is -0.133 e. The monoisotopic (exact) mass is 259 g/mol. The van der Waals surface area contributed by atoms with Crippen LogP contribution in [0.4, 0.5) is 0 Å². The van der Waals surface area contributed by atoms with Gasteiger partial charge >= 0.3 is 8.25 Å². The fourth-order valence-electron chi connectivity index (χ4n) is 1.18. The Morgan fingerprint density at radius 3 is 2.14 bits per heavy atom. The van der Waals surface area contributed by atoms with E-state index in [2.05, 4.69) is 6.58 Å². The second kappa shape index (κ2) is 6.76. The van der Waals surface area contributed by atoms with Crippen LogP contribution in [0.3, 0.4) is 0 Å². The Bertz CT molecular complexity index is 215. The van der Waals surface area contributed by atoms with Crippen LogP contribution in [0, 0.1) is 0 Å². The third-order valence-electron chi connectivity index (χ3n) is 2.03. The van der Waals surface area contributed by atoms with Gasteiger partial charge in [-0.15, -0.1) is 32.6 Å². The van der Waals surface area contributed by atoms with Gasteiger partial charge in [0.15, 0.2) is 0 Å². The van der Waals surface area contributed by atoms with Crippen LogP contribution < -0.4 is 0 Å². The maximum absolute atomic E-state index is 10.7. The lowest BCUT2D eigenvalue weighted by Gasteiger charge is -2.26. The minimum atomic E-state index is -2.67. The first-order valence-corrected chi connectivity index (χ1v) is 6.31. The van der Waals surface area contributed by atoms with Crippen molar-refractivity contribution in [3.05, 3.63) is 12.2 Å². The molecule has 0 aliphatic rings. The number of hydrogen-bond acceptors (Lipinski definition) is 2. The highest BCUT2D eigenvalue weighted by Crippen LogP contribution is 2.37. The first-order valence-electron chi connectivity index (χ1n) is 4.11. The number of rotatable bonds is 7. The summed E-state index contributed by atoms with van der Waals surface area (Å²) in [6.45, 7) is 5.47. The quantitative estimate of drug-likeness (QED) is 0.434. The van der Waals surface area contributed by atoms with E-state index in [0.29, 0.717) is 30.2 Å². The van der Waals surface area contributed by atoms with Crippen molar-refractivity contribution in [2.75, 3.05) is 11.8 Å². The maximum Gasteiger partial charge on any atom is 0.695 e. The molecule has 0 aliphatic heterocycles. The SMILES string of the molecule is C=C(C)C(CCCl)(CCCl)O[P+](=O)O. The summed E-state index contributed by atoms with van der Waals surface area (Å²) >= 11 is 11.2. The highest BCUT2D eigenvalue weighted by molar-refractivity contribution is 7.32. The van der Waals surface area contributed by atoms with Crippen LogP contribution in [-0.2, 0) is 9.09 Å². The van der Waals surface area contributed by atoms with Crippen LogP contribution >= 0.6 is 31.5 Å². The molecule has 0 aliphatic carbocycles. The van der Waals surface area contributed by atoms with Crippen molar-refractivity contribution in [2.45, 2.75) is 25.4 Å².